The Morgan fingerprint density at radius 2 is 1.94 bits per heavy atom. The van der Waals surface area contributed by atoms with E-state index in [-0.39, 0.29) is 23.8 Å². The molecule has 3 heteroatoms. The van der Waals surface area contributed by atoms with Gasteiger partial charge in [0.1, 0.15) is 5.82 Å². The summed E-state index contributed by atoms with van der Waals surface area (Å²) < 4.78 is 13.8. The average Bonchev–Trinajstić information content (AvgIpc) is 2.82. The lowest BCUT2D eigenvalue weighted by molar-refractivity contribution is 0.101. The summed E-state index contributed by atoms with van der Waals surface area (Å²) in [7, 11) is 0. The Labute approximate surface area is 102 Å². The van der Waals surface area contributed by atoms with Crippen molar-refractivity contribution in [3.8, 4) is 0 Å². The van der Waals surface area contributed by atoms with E-state index in [1.54, 1.807) is 12.1 Å². The second kappa shape index (κ2) is 5.15. The van der Waals surface area contributed by atoms with Gasteiger partial charge in [0.2, 0.25) is 0 Å². The average molecular weight is 237 g/mol. The first-order valence-electron chi connectivity index (χ1n) is 6.29. The summed E-state index contributed by atoms with van der Waals surface area (Å²) in [4.78, 5) is 0. The molecule has 17 heavy (non-hydrogen) atoms. The van der Waals surface area contributed by atoms with E-state index in [4.69, 9.17) is 5.73 Å². The molecule has 1 aromatic rings. The van der Waals surface area contributed by atoms with Crippen molar-refractivity contribution < 1.29 is 9.50 Å². The SMILES string of the molecule is NCC(c1ccccc1F)C1(CO)CCCC1. The lowest BCUT2D eigenvalue weighted by atomic mass is 9.71. The quantitative estimate of drug-likeness (QED) is 0.844. The first kappa shape index (κ1) is 12.5. The van der Waals surface area contributed by atoms with E-state index in [9.17, 15) is 9.50 Å². The summed E-state index contributed by atoms with van der Waals surface area (Å²) in [5.41, 5.74) is 6.28. The fourth-order valence-corrected chi connectivity index (χ4v) is 3.16. The van der Waals surface area contributed by atoms with Crippen LogP contribution >= 0.6 is 0 Å². The predicted octanol–water partition coefficient (Wildman–Crippen LogP) is 2.42. The first-order valence-corrected chi connectivity index (χ1v) is 6.29. The van der Waals surface area contributed by atoms with Crippen molar-refractivity contribution in [2.75, 3.05) is 13.2 Å². The third kappa shape index (κ3) is 2.22. The summed E-state index contributed by atoms with van der Waals surface area (Å²) in [6.07, 6.45) is 4.09. The second-order valence-electron chi connectivity index (χ2n) is 5.04. The van der Waals surface area contributed by atoms with Crippen LogP contribution in [0.3, 0.4) is 0 Å². The summed E-state index contributed by atoms with van der Waals surface area (Å²) in [5, 5.41) is 9.69. The zero-order valence-electron chi connectivity index (χ0n) is 10.0. The van der Waals surface area contributed by atoms with Gasteiger partial charge in [0.25, 0.3) is 0 Å². The Morgan fingerprint density at radius 1 is 1.29 bits per heavy atom. The number of rotatable bonds is 4. The van der Waals surface area contributed by atoms with Crippen molar-refractivity contribution in [2.24, 2.45) is 11.1 Å². The van der Waals surface area contributed by atoms with Gasteiger partial charge in [-0.1, -0.05) is 31.0 Å². The van der Waals surface area contributed by atoms with Crippen molar-refractivity contribution in [2.45, 2.75) is 31.6 Å². The third-order valence-corrected chi connectivity index (χ3v) is 4.17. The molecule has 0 amide bonds. The van der Waals surface area contributed by atoms with Crippen molar-refractivity contribution in [3.63, 3.8) is 0 Å². The van der Waals surface area contributed by atoms with Crippen molar-refractivity contribution in [1.82, 2.24) is 0 Å². The maximum Gasteiger partial charge on any atom is 0.126 e. The molecule has 0 spiro atoms. The fourth-order valence-electron chi connectivity index (χ4n) is 3.16. The largest absolute Gasteiger partial charge is 0.396 e. The highest BCUT2D eigenvalue weighted by Gasteiger charge is 2.41. The van der Waals surface area contributed by atoms with Crippen LogP contribution in [0.4, 0.5) is 4.39 Å². The molecule has 1 aromatic carbocycles. The lowest BCUT2D eigenvalue weighted by Crippen LogP contribution is -2.35. The number of aliphatic hydroxyl groups excluding tert-OH is 1. The highest BCUT2D eigenvalue weighted by Crippen LogP contribution is 2.48. The number of aliphatic hydroxyl groups is 1. The second-order valence-corrected chi connectivity index (χ2v) is 5.04. The van der Waals surface area contributed by atoms with Crippen molar-refractivity contribution >= 4 is 0 Å². The topological polar surface area (TPSA) is 46.2 Å². The maximum atomic E-state index is 13.8. The fraction of sp³-hybridized carbons (Fsp3) is 0.571. The van der Waals surface area contributed by atoms with E-state index in [0.29, 0.717) is 12.1 Å². The minimum atomic E-state index is -0.211. The molecule has 2 rings (SSSR count). The van der Waals surface area contributed by atoms with Crippen LogP contribution in [0, 0.1) is 11.2 Å². The van der Waals surface area contributed by atoms with Crippen LogP contribution in [0.2, 0.25) is 0 Å². The van der Waals surface area contributed by atoms with Crippen LogP contribution in [-0.2, 0) is 0 Å². The van der Waals surface area contributed by atoms with Gasteiger partial charge in [-0.15, -0.1) is 0 Å². The molecular formula is C14H20FNO. The van der Waals surface area contributed by atoms with Crippen LogP contribution in [0.25, 0.3) is 0 Å². The zero-order chi connectivity index (χ0) is 12.3. The number of benzene rings is 1. The van der Waals surface area contributed by atoms with Gasteiger partial charge in [-0.2, -0.15) is 0 Å². The van der Waals surface area contributed by atoms with Gasteiger partial charge in [0, 0.05) is 17.9 Å². The van der Waals surface area contributed by atoms with Gasteiger partial charge < -0.3 is 10.8 Å². The van der Waals surface area contributed by atoms with E-state index >= 15 is 0 Å². The Bertz CT molecular complexity index is 374. The molecule has 1 atom stereocenters. The molecule has 0 aromatic heterocycles. The Kier molecular flexibility index (Phi) is 3.79. The number of hydrogen-bond acceptors (Lipinski definition) is 2. The molecule has 1 saturated carbocycles. The van der Waals surface area contributed by atoms with Crippen LogP contribution < -0.4 is 5.73 Å². The molecule has 0 saturated heterocycles. The van der Waals surface area contributed by atoms with E-state index < -0.39 is 0 Å². The van der Waals surface area contributed by atoms with Crippen molar-refractivity contribution in [1.29, 1.82) is 0 Å². The van der Waals surface area contributed by atoms with Gasteiger partial charge in [0.05, 0.1) is 0 Å². The molecule has 1 unspecified atom stereocenters. The minimum Gasteiger partial charge on any atom is -0.396 e. The van der Waals surface area contributed by atoms with Gasteiger partial charge in [-0.05, 0) is 31.0 Å². The Hall–Kier alpha value is -0.930. The minimum absolute atomic E-state index is 0.0730. The van der Waals surface area contributed by atoms with E-state index in [0.717, 1.165) is 25.7 Å². The van der Waals surface area contributed by atoms with Gasteiger partial charge in [-0.3, -0.25) is 0 Å². The molecule has 94 valence electrons. The highest BCUT2D eigenvalue weighted by atomic mass is 19.1. The molecule has 1 aliphatic carbocycles. The summed E-state index contributed by atoms with van der Waals surface area (Å²) in [6, 6.07) is 6.79. The molecule has 0 heterocycles. The Morgan fingerprint density at radius 3 is 2.47 bits per heavy atom. The predicted molar refractivity (Wildman–Crippen MR) is 66.2 cm³/mol. The van der Waals surface area contributed by atoms with Gasteiger partial charge in [0.15, 0.2) is 0 Å². The van der Waals surface area contributed by atoms with Crippen LogP contribution in [0.1, 0.15) is 37.2 Å². The Balaban J connectivity index is 2.36. The van der Waals surface area contributed by atoms with E-state index in [2.05, 4.69) is 0 Å². The van der Waals surface area contributed by atoms with Gasteiger partial charge >= 0.3 is 0 Å². The summed E-state index contributed by atoms with van der Waals surface area (Å²) >= 11 is 0. The van der Waals surface area contributed by atoms with Crippen LogP contribution in [0.15, 0.2) is 24.3 Å². The van der Waals surface area contributed by atoms with Gasteiger partial charge in [-0.25, -0.2) is 4.39 Å². The lowest BCUT2D eigenvalue weighted by Gasteiger charge is -2.35. The summed E-state index contributed by atoms with van der Waals surface area (Å²) in [5.74, 6) is -0.279. The molecule has 0 radical (unpaired) electrons. The maximum absolute atomic E-state index is 13.8. The first-order chi connectivity index (χ1) is 8.23. The monoisotopic (exact) mass is 237 g/mol. The van der Waals surface area contributed by atoms with Crippen molar-refractivity contribution in [3.05, 3.63) is 35.6 Å². The molecule has 1 aliphatic rings. The molecule has 0 bridgehead atoms. The third-order valence-electron chi connectivity index (χ3n) is 4.17. The van der Waals surface area contributed by atoms with Crippen LogP contribution in [0.5, 0.6) is 0 Å². The number of nitrogens with two attached hydrogens (primary N) is 1. The molecule has 0 aliphatic heterocycles. The van der Waals surface area contributed by atoms with Crippen LogP contribution in [-0.4, -0.2) is 18.3 Å². The zero-order valence-corrected chi connectivity index (χ0v) is 10.0. The number of halogens is 1. The van der Waals surface area contributed by atoms with E-state index in [1.807, 2.05) is 6.07 Å². The smallest absolute Gasteiger partial charge is 0.126 e. The summed E-state index contributed by atoms with van der Waals surface area (Å²) in [6.45, 7) is 0.491. The molecular weight excluding hydrogens is 217 g/mol. The normalized spacial score (nSPS) is 20.4. The molecule has 3 N–H and O–H groups in total. The number of hydrogen-bond donors (Lipinski definition) is 2. The molecule has 2 nitrogen and oxygen atoms in total. The highest BCUT2D eigenvalue weighted by molar-refractivity contribution is 5.25. The van der Waals surface area contributed by atoms with E-state index in [1.165, 1.54) is 6.07 Å². The standard InChI is InChI=1S/C14H20FNO/c15-13-6-2-1-5-11(13)12(9-16)14(10-17)7-3-4-8-14/h1-2,5-6,12,17H,3-4,7-10,16H2. The molecule has 1 fully saturated rings.